The van der Waals surface area contributed by atoms with Crippen LogP contribution in [0.3, 0.4) is 0 Å². The zero-order valence-electron chi connectivity index (χ0n) is 17.4. The summed E-state index contributed by atoms with van der Waals surface area (Å²) in [6, 6.07) is 10.8. The Kier molecular flexibility index (Phi) is 5.71. The van der Waals surface area contributed by atoms with Gasteiger partial charge in [0, 0.05) is 35.0 Å². The number of hydrogen-bond donors (Lipinski definition) is 2. The number of fused-ring (bicyclic) bond motifs is 3. The topological polar surface area (TPSA) is 99.5 Å². The van der Waals surface area contributed by atoms with Crippen LogP contribution in [-0.2, 0) is 16.1 Å². The van der Waals surface area contributed by atoms with E-state index in [-0.39, 0.29) is 18.4 Å². The number of pyridine rings is 1. The molecule has 0 saturated heterocycles. The third-order valence-corrected chi connectivity index (χ3v) is 5.07. The van der Waals surface area contributed by atoms with E-state index in [9.17, 15) is 4.79 Å². The number of carbonyl (C=O) groups excluding carboxylic acids is 1. The van der Waals surface area contributed by atoms with Crippen LogP contribution in [0.15, 0.2) is 42.6 Å². The van der Waals surface area contributed by atoms with Crippen LogP contribution in [0.1, 0.15) is 29.9 Å². The predicted molar refractivity (Wildman–Crippen MR) is 121 cm³/mol. The molecule has 7 nitrogen and oxygen atoms in total. The Balaban J connectivity index is 1.84. The van der Waals surface area contributed by atoms with Gasteiger partial charge in [-0.25, -0.2) is 9.78 Å². The summed E-state index contributed by atoms with van der Waals surface area (Å²) in [7, 11) is 1.57. The van der Waals surface area contributed by atoms with Crippen molar-refractivity contribution in [2.45, 2.75) is 26.6 Å². The van der Waals surface area contributed by atoms with Gasteiger partial charge in [0.05, 0.1) is 35.1 Å². The number of nitrogens with zero attached hydrogens (tertiary/aromatic N) is 1. The van der Waals surface area contributed by atoms with Crippen LogP contribution in [0.2, 0.25) is 5.02 Å². The first-order valence-corrected chi connectivity index (χ1v) is 10.1. The molecule has 31 heavy (non-hydrogen) atoms. The number of esters is 1. The van der Waals surface area contributed by atoms with E-state index in [1.165, 1.54) is 0 Å². The minimum absolute atomic E-state index is 0.207. The lowest BCUT2D eigenvalue weighted by Gasteiger charge is -2.12. The summed E-state index contributed by atoms with van der Waals surface area (Å²) in [4.78, 5) is 20.3. The van der Waals surface area contributed by atoms with Gasteiger partial charge in [0.25, 0.3) is 0 Å². The Hall–Kier alpha value is -3.29. The van der Waals surface area contributed by atoms with Crippen molar-refractivity contribution in [3.8, 4) is 11.5 Å². The predicted octanol–water partition coefficient (Wildman–Crippen LogP) is 5.46. The van der Waals surface area contributed by atoms with Gasteiger partial charge in [0.15, 0.2) is 5.69 Å². The summed E-state index contributed by atoms with van der Waals surface area (Å²) < 4.78 is 16.7. The quantitative estimate of drug-likeness (QED) is 0.306. The number of aromatic amines is 1. The number of hydrogen-bond acceptors (Lipinski definition) is 6. The summed E-state index contributed by atoms with van der Waals surface area (Å²) >= 11 is 6.10. The molecule has 0 aliphatic carbocycles. The van der Waals surface area contributed by atoms with E-state index >= 15 is 0 Å². The van der Waals surface area contributed by atoms with Crippen LogP contribution >= 0.6 is 11.6 Å². The van der Waals surface area contributed by atoms with Crippen LogP contribution in [0.5, 0.6) is 11.5 Å². The number of rotatable bonds is 6. The fourth-order valence-corrected chi connectivity index (χ4v) is 3.61. The average Bonchev–Trinajstić information content (AvgIpc) is 3.09. The molecule has 2 aromatic heterocycles. The molecule has 4 rings (SSSR count). The number of nitrogens with two attached hydrogens (primary N) is 1. The molecule has 160 valence electrons. The number of ether oxygens (including phenoxy) is 3. The average molecular weight is 440 g/mol. The van der Waals surface area contributed by atoms with E-state index in [1.54, 1.807) is 45.4 Å². The highest BCUT2D eigenvalue weighted by Gasteiger charge is 2.21. The van der Waals surface area contributed by atoms with Crippen LogP contribution < -0.4 is 10.5 Å². The van der Waals surface area contributed by atoms with Crippen molar-refractivity contribution in [1.82, 2.24) is 9.97 Å². The van der Waals surface area contributed by atoms with Crippen molar-refractivity contribution in [2.24, 2.45) is 0 Å². The van der Waals surface area contributed by atoms with Gasteiger partial charge >= 0.3 is 5.97 Å². The third-order valence-electron chi connectivity index (χ3n) is 4.74. The summed E-state index contributed by atoms with van der Waals surface area (Å²) in [6.45, 7) is 3.80. The molecule has 0 bridgehead atoms. The number of nitrogens with one attached hydrogen (secondary N) is 1. The SMILES string of the molecule is COCc1c(C(=O)OC(C)C)ncc2[nH]c3ccc(Oc4ccc(N)c(Cl)c4)cc3c12. The molecule has 0 spiro atoms. The molecule has 2 aromatic carbocycles. The molecule has 4 aromatic rings. The molecular formula is C23H22ClN3O4. The number of nitrogen functional groups attached to an aromatic ring is 1. The summed E-state index contributed by atoms with van der Waals surface area (Å²) in [5.74, 6) is 0.696. The van der Waals surface area contributed by atoms with Crippen molar-refractivity contribution in [3.63, 3.8) is 0 Å². The van der Waals surface area contributed by atoms with E-state index in [0.29, 0.717) is 27.8 Å². The molecular weight excluding hydrogens is 418 g/mol. The maximum absolute atomic E-state index is 12.6. The first-order valence-electron chi connectivity index (χ1n) is 9.73. The van der Waals surface area contributed by atoms with Crippen LogP contribution in [-0.4, -0.2) is 29.2 Å². The van der Waals surface area contributed by atoms with Gasteiger partial charge in [-0.2, -0.15) is 0 Å². The molecule has 0 saturated carbocycles. The Labute approximate surface area is 184 Å². The van der Waals surface area contributed by atoms with Gasteiger partial charge in [-0.15, -0.1) is 0 Å². The van der Waals surface area contributed by atoms with Crippen LogP contribution in [0.4, 0.5) is 5.69 Å². The normalized spacial score (nSPS) is 11.4. The van der Waals surface area contributed by atoms with Crippen molar-refractivity contribution in [1.29, 1.82) is 0 Å². The Bertz CT molecular complexity index is 1280. The number of benzene rings is 2. The smallest absolute Gasteiger partial charge is 0.357 e. The minimum Gasteiger partial charge on any atom is -0.458 e. The van der Waals surface area contributed by atoms with Crippen molar-refractivity contribution in [2.75, 3.05) is 12.8 Å². The van der Waals surface area contributed by atoms with Gasteiger partial charge in [0.1, 0.15) is 11.5 Å². The molecule has 3 N–H and O–H groups in total. The maximum atomic E-state index is 12.6. The number of aromatic nitrogens is 2. The van der Waals surface area contributed by atoms with E-state index in [4.69, 9.17) is 31.5 Å². The number of methoxy groups -OCH3 is 1. The number of anilines is 1. The third kappa shape index (κ3) is 4.15. The van der Waals surface area contributed by atoms with E-state index in [0.717, 1.165) is 21.8 Å². The molecule has 0 radical (unpaired) electrons. The lowest BCUT2D eigenvalue weighted by atomic mass is 10.1. The second kappa shape index (κ2) is 8.45. The van der Waals surface area contributed by atoms with Crippen LogP contribution in [0, 0.1) is 0 Å². The largest absolute Gasteiger partial charge is 0.458 e. The number of halogens is 1. The van der Waals surface area contributed by atoms with Gasteiger partial charge in [-0.3, -0.25) is 0 Å². The van der Waals surface area contributed by atoms with Crippen molar-refractivity contribution >= 4 is 45.1 Å². The van der Waals surface area contributed by atoms with Crippen molar-refractivity contribution < 1.29 is 19.0 Å². The summed E-state index contributed by atoms with van der Waals surface area (Å²) in [5, 5.41) is 2.14. The Morgan fingerprint density at radius 3 is 2.61 bits per heavy atom. The van der Waals surface area contributed by atoms with Gasteiger partial charge in [-0.05, 0) is 44.2 Å². The fourth-order valence-electron chi connectivity index (χ4n) is 3.44. The molecule has 8 heteroatoms. The maximum Gasteiger partial charge on any atom is 0.357 e. The van der Waals surface area contributed by atoms with E-state index < -0.39 is 5.97 Å². The molecule has 0 atom stereocenters. The molecule has 0 aliphatic rings. The molecule has 0 amide bonds. The fraction of sp³-hybridized carbons (Fsp3) is 0.217. The molecule has 0 aliphatic heterocycles. The van der Waals surface area contributed by atoms with Gasteiger partial charge < -0.3 is 24.9 Å². The van der Waals surface area contributed by atoms with E-state index in [1.807, 2.05) is 18.2 Å². The zero-order chi connectivity index (χ0) is 22.1. The first kappa shape index (κ1) is 21.0. The first-order chi connectivity index (χ1) is 14.9. The highest BCUT2D eigenvalue weighted by molar-refractivity contribution is 6.33. The monoisotopic (exact) mass is 439 g/mol. The van der Waals surface area contributed by atoms with Gasteiger partial charge in [0.2, 0.25) is 0 Å². The molecule has 0 unspecified atom stereocenters. The Morgan fingerprint density at radius 2 is 1.90 bits per heavy atom. The molecule has 0 fully saturated rings. The number of carbonyl (C=O) groups is 1. The lowest BCUT2D eigenvalue weighted by molar-refractivity contribution is 0.0366. The second-order valence-electron chi connectivity index (χ2n) is 7.38. The van der Waals surface area contributed by atoms with Gasteiger partial charge in [-0.1, -0.05) is 11.6 Å². The highest BCUT2D eigenvalue weighted by atomic mass is 35.5. The highest BCUT2D eigenvalue weighted by Crippen LogP contribution is 2.35. The van der Waals surface area contributed by atoms with Crippen LogP contribution in [0.25, 0.3) is 21.8 Å². The standard InChI is InChI=1S/C23H22ClN3O4/c1-12(2)30-23(28)22-16(11-29-3)21-15-8-13(5-7-19(15)27-20(21)10-26-22)31-14-4-6-18(25)17(24)9-14/h4-10,12,27H,11,25H2,1-3H3. The minimum atomic E-state index is -0.484. The summed E-state index contributed by atoms with van der Waals surface area (Å²) in [6.07, 6.45) is 1.38. The molecule has 2 heterocycles. The van der Waals surface area contributed by atoms with Crippen molar-refractivity contribution in [3.05, 3.63) is 58.9 Å². The zero-order valence-corrected chi connectivity index (χ0v) is 18.1. The summed E-state index contributed by atoms with van der Waals surface area (Å²) in [5.41, 5.74) is 8.82. The Morgan fingerprint density at radius 1 is 1.16 bits per heavy atom. The second-order valence-corrected chi connectivity index (χ2v) is 7.79. The van der Waals surface area contributed by atoms with E-state index in [2.05, 4.69) is 9.97 Å². The number of H-pyrrole nitrogens is 1. The lowest BCUT2D eigenvalue weighted by Crippen LogP contribution is -2.15.